The summed E-state index contributed by atoms with van der Waals surface area (Å²) < 4.78 is 1.83. The molecule has 17 heavy (non-hydrogen) atoms. The first-order chi connectivity index (χ1) is 8.11. The standard InChI is InChI=1S/C11H21N5O/c1-12-6-4-11(17)13-10-5-7-16(14-10)9-8-15(2)3/h5,7,12H,4,6,8-9H2,1-3H3,(H,13,14,17). The summed E-state index contributed by atoms with van der Waals surface area (Å²) in [5.41, 5.74) is 0. The first-order valence-electron chi connectivity index (χ1n) is 5.74. The molecule has 0 aliphatic heterocycles. The minimum absolute atomic E-state index is 0.0165. The predicted molar refractivity (Wildman–Crippen MR) is 68.0 cm³/mol. The quantitative estimate of drug-likeness (QED) is 0.702. The maximum Gasteiger partial charge on any atom is 0.226 e. The highest BCUT2D eigenvalue weighted by atomic mass is 16.1. The Labute approximate surface area is 102 Å². The van der Waals surface area contributed by atoms with Gasteiger partial charge in [-0.3, -0.25) is 9.48 Å². The molecule has 0 saturated carbocycles. The Morgan fingerprint density at radius 1 is 1.53 bits per heavy atom. The van der Waals surface area contributed by atoms with Crippen molar-refractivity contribution in [2.45, 2.75) is 13.0 Å². The number of nitrogens with zero attached hydrogens (tertiary/aromatic N) is 3. The molecular weight excluding hydrogens is 218 g/mol. The second-order valence-electron chi connectivity index (χ2n) is 4.17. The molecule has 1 aromatic heterocycles. The molecule has 96 valence electrons. The van der Waals surface area contributed by atoms with Crippen molar-refractivity contribution in [3.05, 3.63) is 12.3 Å². The van der Waals surface area contributed by atoms with E-state index in [1.165, 1.54) is 0 Å². The van der Waals surface area contributed by atoms with Crippen LogP contribution in [-0.2, 0) is 11.3 Å². The van der Waals surface area contributed by atoms with Crippen LogP contribution >= 0.6 is 0 Å². The zero-order valence-corrected chi connectivity index (χ0v) is 10.7. The Balaban J connectivity index is 2.37. The van der Waals surface area contributed by atoms with Crippen LogP contribution in [0, 0.1) is 0 Å². The minimum Gasteiger partial charge on any atom is -0.319 e. The molecule has 6 nitrogen and oxygen atoms in total. The van der Waals surface area contributed by atoms with Crippen molar-refractivity contribution in [3.63, 3.8) is 0 Å². The number of likely N-dealkylation sites (N-methyl/N-ethyl adjacent to an activating group) is 1. The second-order valence-corrected chi connectivity index (χ2v) is 4.17. The number of carbonyl (C=O) groups is 1. The molecule has 1 rings (SSSR count). The van der Waals surface area contributed by atoms with Crippen LogP contribution in [0.25, 0.3) is 0 Å². The van der Waals surface area contributed by atoms with Crippen molar-refractivity contribution in [1.29, 1.82) is 0 Å². The first kappa shape index (κ1) is 13.7. The van der Waals surface area contributed by atoms with Crippen molar-refractivity contribution in [1.82, 2.24) is 20.0 Å². The number of carbonyl (C=O) groups excluding carboxylic acids is 1. The lowest BCUT2D eigenvalue weighted by molar-refractivity contribution is -0.116. The van der Waals surface area contributed by atoms with E-state index < -0.39 is 0 Å². The maximum atomic E-state index is 11.4. The summed E-state index contributed by atoms with van der Waals surface area (Å²) >= 11 is 0. The predicted octanol–water partition coefficient (Wildman–Crippen LogP) is -0.00730. The number of hydrogen-bond donors (Lipinski definition) is 2. The number of nitrogens with one attached hydrogen (secondary N) is 2. The van der Waals surface area contributed by atoms with Crippen LogP contribution in [0.2, 0.25) is 0 Å². The smallest absolute Gasteiger partial charge is 0.226 e. The summed E-state index contributed by atoms with van der Waals surface area (Å²) in [4.78, 5) is 13.5. The summed E-state index contributed by atoms with van der Waals surface area (Å²) in [7, 11) is 5.86. The Morgan fingerprint density at radius 2 is 2.29 bits per heavy atom. The van der Waals surface area contributed by atoms with Gasteiger partial charge in [0.2, 0.25) is 5.91 Å². The molecular formula is C11H21N5O. The van der Waals surface area contributed by atoms with E-state index in [0.29, 0.717) is 18.8 Å². The van der Waals surface area contributed by atoms with Gasteiger partial charge >= 0.3 is 0 Å². The van der Waals surface area contributed by atoms with Gasteiger partial charge in [-0.25, -0.2) is 0 Å². The molecule has 0 atom stereocenters. The molecule has 0 radical (unpaired) electrons. The maximum absolute atomic E-state index is 11.4. The molecule has 6 heteroatoms. The monoisotopic (exact) mass is 239 g/mol. The van der Waals surface area contributed by atoms with Crippen molar-refractivity contribution < 1.29 is 4.79 Å². The zero-order chi connectivity index (χ0) is 12.7. The van der Waals surface area contributed by atoms with Gasteiger partial charge in [0.25, 0.3) is 0 Å². The van der Waals surface area contributed by atoms with Crippen LogP contribution in [0.1, 0.15) is 6.42 Å². The fourth-order valence-corrected chi connectivity index (χ4v) is 1.30. The van der Waals surface area contributed by atoms with Crippen LogP contribution in [0.4, 0.5) is 5.82 Å². The van der Waals surface area contributed by atoms with Crippen molar-refractivity contribution in [2.24, 2.45) is 0 Å². The van der Waals surface area contributed by atoms with E-state index in [4.69, 9.17) is 0 Å². The van der Waals surface area contributed by atoms with Gasteiger partial charge in [0.15, 0.2) is 5.82 Å². The second kappa shape index (κ2) is 7.03. The fraction of sp³-hybridized carbons (Fsp3) is 0.636. The molecule has 0 unspecified atom stereocenters. The Bertz CT molecular complexity index is 347. The van der Waals surface area contributed by atoms with Crippen molar-refractivity contribution >= 4 is 11.7 Å². The zero-order valence-electron chi connectivity index (χ0n) is 10.7. The van der Waals surface area contributed by atoms with Crippen LogP contribution in [0.5, 0.6) is 0 Å². The molecule has 1 aromatic rings. The summed E-state index contributed by atoms with van der Waals surface area (Å²) in [6.45, 7) is 2.42. The molecule has 0 spiro atoms. The Hall–Kier alpha value is -1.40. The molecule has 0 fully saturated rings. The molecule has 0 bridgehead atoms. The van der Waals surface area contributed by atoms with E-state index >= 15 is 0 Å². The molecule has 1 heterocycles. The van der Waals surface area contributed by atoms with Crippen molar-refractivity contribution in [2.75, 3.05) is 39.5 Å². The molecule has 0 aliphatic rings. The molecule has 0 aromatic carbocycles. The van der Waals surface area contributed by atoms with E-state index in [1.807, 2.05) is 38.1 Å². The molecule has 2 N–H and O–H groups in total. The third-order valence-electron chi connectivity index (χ3n) is 2.29. The van der Waals surface area contributed by atoms with Gasteiger partial charge in [-0.15, -0.1) is 0 Å². The van der Waals surface area contributed by atoms with Gasteiger partial charge in [-0.2, -0.15) is 5.10 Å². The van der Waals surface area contributed by atoms with E-state index in [2.05, 4.69) is 20.6 Å². The summed E-state index contributed by atoms with van der Waals surface area (Å²) in [6.07, 6.45) is 2.33. The lowest BCUT2D eigenvalue weighted by atomic mass is 10.4. The van der Waals surface area contributed by atoms with Gasteiger partial charge in [0.1, 0.15) is 0 Å². The van der Waals surface area contributed by atoms with E-state index in [0.717, 1.165) is 13.1 Å². The summed E-state index contributed by atoms with van der Waals surface area (Å²) in [6, 6.07) is 1.81. The van der Waals surface area contributed by atoms with Gasteiger partial charge in [0, 0.05) is 31.8 Å². The number of aromatic nitrogens is 2. The number of amides is 1. The normalized spacial score (nSPS) is 10.8. The van der Waals surface area contributed by atoms with Crippen LogP contribution < -0.4 is 10.6 Å². The van der Waals surface area contributed by atoms with Gasteiger partial charge in [-0.1, -0.05) is 0 Å². The highest BCUT2D eigenvalue weighted by Gasteiger charge is 2.04. The van der Waals surface area contributed by atoms with Crippen molar-refractivity contribution in [3.8, 4) is 0 Å². The average molecular weight is 239 g/mol. The highest BCUT2D eigenvalue weighted by Crippen LogP contribution is 2.02. The van der Waals surface area contributed by atoms with Crippen LogP contribution in [-0.4, -0.2) is 54.8 Å². The third-order valence-corrected chi connectivity index (χ3v) is 2.29. The van der Waals surface area contributed by atoms with Crippen LogP contribution in [0.15, 0.2) is 12.3 Å². The molecule has 0 aliphatic carbocycles. The number of rotatable bonds is 7. The highest BCUT2D eigenvalue weighted by molar-refractivity contribution is 5.89. The number of anilines is 1. The minimum atomic E-state index is -0.0165. The van der Waals surface area contributed by atoms with E-state index in [9.17, 15) is 4.79 Å². The van der Waals surface area contributed by atoms with E-state index in [1.54, 1.807) is 0 Å². The van der Waals surface area contributed by atoms with Crippen LogP contribution in [0.3, 0.4) is 0 Å². The Kier molecular flexibility index (Phi) is 5.65. The number of hydrogen-bond acceptors (Lipinski definition) is 4. The fourth-order valence-electron chi connectivity index (χ4n) is 1.30. The third kappa shape index (κ3) is 5.46. The average Bonchev–Trinajstić information content (AvgIpc) is 2.71. The van der Waals surface area contributed by atoms with Gasteiger partial charge in [0.05, 0.1) is 6.54 Å². The summed E-state index contributed by atoms with van der Waals surface area (Å²) in [5.74, 6) is 0.599. The molecule has 0 saturated heterocycles. The first-order valence-corrected chi connectivity index (χ1v) is 5.74. The lowest BCUT2D eigenvalue weighted by Gasteiger charge is -2.08. The SMILES string of the molecule is CNCCC(=O)Nc1ccn(CCN(C)C)n1. The summed E-state index contributed by atoms with van der Waals surface area (Å²) in [5, 5.41) is 9.96. The van der Waals surface area contributed by atoms with Gasteiger partial charge < -0.3 is 15.5 Å². The van der Waals surface area contributed by atoms with Gasteiger partial charge in [-0.05, 0) is 21.1 Å². The topological polar surface area (TPSA) is 62.2 Å². The molecule has 1 amide bonds. The largest absolute Gasteiger partial charge is 0.319 e. The lowest BCUT2D eigenvalue weighted by Crippen LogP contribution is -2.20. The Morgan fingerprint density at radius 3 is 2.94 bits per heavy atom. The van der Waals surface area contributed by atoms with E-state index in [-0.39, 0.29) is 5.91 Å².